The number of rotatable bonds is 5. The summed E-state index contributed by atoms with van der Waals surface area (Å²) >= 11 is 0. The van der Waals surface area contributed by atoms with Crippen LogP contribution < -0.4 is 0 Å². The van der Waals surface area contributed by atoms with Gasteiger partial charge in [-0.25, -0.2) is 0 Å². The van der Waals surface area contributed by atoms with Gasteiger partial charge in [0.05, 0.1) is 0 Å². The molecule has 1 nitrogen and oxygen atoms in total. The summed E-state index contributed by atoms with van der Waals surface area (Å²) in [7, 11) is 0.0176. The number of allylic oxidation sites excluding steroid dienone is 2. The fourth-order valence-electron chi connectivity index (χ4n) is 0.776. The minimum absolute atomic E-state index is 0.0176. The number of hydrogen-bond acceptors (Lipinski definition) is 1. The molecule has 0 aromatic rings. The molecular formula is C8H16OSi. The van der Waals surface area contributed by atoms with E-state index in [1.54, 1.807) is 5.20 Å². The molecule has 0 aliphatic rings. The van der Waals surface area contributed by atoms with E-state index in [-0.39, 0.29) is 9.52 Å². The van der Waals surface area contributed by atoms with Crippen LogP contribution in [-0.2, 0) is 4.79 Å². The molecule has 0 unspecified atom stereocenters. The van der Waals surface area contributed by atoms with Gasteiger partial charge < -0.3 is 4.79 Å². The third kappa shape index (κ3) is 5.76. The van der Waals surface area contributed by atoms with Crippen LogP contribution in [0.5, 0.6) is 0 Å². The van der Waals surface area contributed by atoms with Gasteiger partial charge >= 0.3 is 0 Å². The van der Waals surface area contributed by atoms with E-state index in [2.05, 4.69) is 19.9 Å². The summed E-state index contributed by atoms with van der Waals surface area (Å²) < 4.78 is 0. The molecule has 0 aliphatic carbocycles. The predicted octanol–water partition coefficient (Wildman–Crippen LogP) is 1.48. The summed E-state index contributed by atoms with van der Waals surface area (Å²) in [6.07, 6.45) is 5.05. The molecule has 0 rings (SSSR count). The van der Waals surface area contributed by atoms with Crippen molar-refractivity contribution in [3.05, 3.63) is 11.3 Å². The molecule has 0 amide bonds. The van der Waals surface area contributed by atoms with Gasteiger partial charge in [-0.1, -0.05) is 17.3 Å². The van der Waals surface area contributed by atoms with Crippen LogP contribution in [0.3, 0.4) is 0 Å². The van der Waals surface area contributed by atoms with Crippen LogP contribution in [0.4, 0.5) is 0 Å². The largest absolute Gasteiger partial charge is 0.303 e. The van der Waals surface area contributed by atoms with E-state index in [1.807, 2.05) is 0 Å². The topological polar surface area (TPSA) is 17.1 Å². The zero-order valence-corrected chi connectivity index (χ0v) is 8.31. The Kier molecular flexibility index (Phi) is 6.49. The van der Waals surface area contributed by atoms with Crippen molar-refractivity contribution in [3.63, 3.8) is 0 Å². The molecule has 0 saturated heterocycles. The first-order valence-electron chi connectivity index (χ1n) is 3.86. The lowest BCUT2D eigenvalue weighted by molar-refractivity contribution is -0.107. The van der Waals surface area contributed by atoms with Crippen LogP contribution in [0.15, 0.2) is 11.3 Å². The zero-order chi connectivity index (χ0) is 7.82. The summed E-state index contributed by atoms with van der Waals surface area (Å²) in [4.78, 5) is 9.92. The van der Waals surface area contributed by atoms with E-state index in [0.29, 0.717) is 0 Å². The number of carbonyl (C=O) groups is 1. The summed E-state index contributed by atoms with van der Waals surface area (Å²) in [6.45, 7) is 4.27. The lowest BCUT2D eigenvalue weighted by Crippen LogP contribution is -1.91. The lowest BCUT2D eigenvalue weighted by Gasteiger charge is -1.95. The molecule has 0 N–H and O–H groups in total. The smallest absolute Gasteiger partial charge is 0.119 e. The fourth-order valence-corrected chi connectivity index (χ4v) is 2.16. The standard InChI is InChI=1S/C8H16OSi/c1-3-8(2)10-7-5-4-6-9/h3,6H,4-5,7,10H2,1-2H3. The summed E-state index contributed by atoms with van der Waals surface area (Å²) in [5, 5.41) is 1.56. The van der Waals surface area contributed by atoms with E-state index in [9.17, 15) is 4.79 Å². The van der Waals surface area contributed by atoms with E-state index in [1.165, 1.54) is 6.04 Å². The van der Waals surface area contributed by atoms with Gasteiger partial charge in [0, 0.05) is 15.9 Å². The van der Waals surface area contributed by atoms with Crippen molar-refractivity contribution in [2.24, 2.45) is 0 Å². The molecule has 0 heterocycles. The molecule has 2 heteroatoms. The molecule has 0 aromatic carbocycles. The molecule has 0 atom stereocenters. The van der Waals surface area contributed by atoms with Gasteiger partial charge in [0.2, 0.25) is 0 Å². The van der Waals surface area contributed by atoms with Gasteiger partial charge in [-0.05, 0) is 20.3 Å². The maximum atomic E-state index is 9.92. The van der Waals surface area contributed by atoms with E-state index < -0.39 is 0 Å². The molecule has 0 aliphatic heterocycles. The van der Waals surface area contributed by atoms with E-state index in [0.717, 1.165) is 19.1 Å². The Bertz CT molecular complexity index is 118. The Morgan fingerprint density at radius 3 is 2.80 bits per heavy atom. The van der Waals surface area contributed by atoms with Gasteiger partial charge in [-0.3, -0.25) is 0 Å². The zero-order valence-electron chi connectivity index (χ0n) is 6.89. The van der Waals surface area contributed by atoms with Crippen molar-refractivity contribution in [3.8, 4) is 0 Å². The average Bonchev–Trinajstić information content (AvgIpc) is 1.98. The van der Waals surface area contributed by atoms with Gasteiger partial charge in [0.1, 0.15) is 6.29 Å². The Morgan fingerprint density at radius 1 is 1.60 bits per heavy atom. The predicted molar refractivity (Wildman–Crippen MR) is 48.1 cm³/mol. The SMILES string of the molecule is CC=C(C)[SiH2]CCCC=O. The molecule has 0 saturated carbocycles. The molecule has 0 aromatic heterocycles. The maximum absolute atomic E-state index is 9.92. The van der Waals surface area contributed by atoms with E-state index >= 15 is 0 Å². The molecule has 0 bridgehead atoms. The second kappa shape index (κ2) is 6.74. The van der Waals surface area contributed by atoms with Gasteiger partial charge in [0.15, 0.2) is 0 Å². The number of hydrogen-bond donors (Lipinski definition) is 0. The van der Waals surface area contributed by atoms with Gasteiger partial charge in [-0.2, -0.15) is 0 Å². The van der Waals surface area contributed by atoms with Crippen molar-refractivity contribution in [1.82, 2.24) is 0 Å². The van der Waals surface area contributed by atoms with Crippen molar-refractivity contribution in [1.29, 1.82) is 0 Å². The van der Waals surface area contributed by atoms with Crippen molar-refractivity contribution in [2.45, 2.75) is 32.7 Å². The molecular weight excluding hydrogens is 140 g/mol. The summed E-state index contributed by atoms with van der Waals surface area (Å²) in [5.41, 5.74) is 0. The van der Waals surface area contributed by atoms with Crippen LogP contribution in [0.1, 0.15) is 26.7 Å². The van der Waals surface area contributed by atoms with Crippen molar-refractivity contribution >= 4 is 15.8 Å². The van der Waals surface area contributed by atoms with Crippen LogP contribution in [0.25, 0.3) is 0 Å². The molecule has 58 valence electrons. The monoisotopic (exact) mass is 156 g/mol. The Balaban J connectivity index is 3.11. The summed E-state index contributed by atoms with van der Waals surface area (Å²) in [5.74, 6) is 0. The fraction of sp³-hybridized carbons (Fsp3) is 0.625. The first-order valence-corrected chi connectivity index (χ1v) is 5.57. The quantitative estimate of drug-likeness (QED) is 0.335. The molecule has 0 fully saturated rings. The highest BCUT2D eigenvalue weighted by molar-refractivity contribution is 6.44. The molecule has 0 radical (unpaired) electrons. The third-order valence-corrected chi connectivity index (χ3v) is 3.69. The number of unbranched alkanes of at least 4 members (excludes halogenated alkanes) is 1. The van der Waals surface area contributed by atoms with Crippen molar-refractivity contribution < 1.29 is 4.79 Å². The molecule has 0 spiro atoms. The average molecular weight is 156 g/mol. The first-order chi connectivity index (χ1) is 4.81. The minimum Gasteiger partial charge on any atom is -0.303 e. The highest BCUT2D eigenvalue weighted by atomic mass is 28.2. The van der Waals surface area contributed by atoms with Crippen LogP contribution in [0, 0.1) is 0 Å². The number of carbonyl (C=O) groups excluding carboxylic acids is 1. The Morgan fingerprint density at radius 2 is 2.30 bits per heavy atom. The lowest BCUT2D eigenvalue weighted by atomic mass is 10.4. The van der Waals surface area contributed by atoms with E-state index in [4.69, 9.17) is 0 Å². The van der Waals surface area contributed by atoms with Crippen LogP contribution in [0.2, 0.25) is 6.04 Å². The summed E-state index contributed by atoms with van der Waals surface area (Å²) in [6, 6.07) is 1.29. The second-order valence-electron chi connectivity index (χ2n) is 2.55. The van der Waals surface area contributed by atoms with Crippen LogP contribution in [-0.4, -0.2) is 15.8 Å². The Hall–Kier alpha value is -0.373. The minimum atomic E-state index is 0.0176. The third-order valence-electron chi connectivity index (χ3n) is 1.64. The van der Waals surface area contributed by atoms with Gasteiger partial charge in [-0.15, -0.1) is 0 Å². The highest BCUT2D eigenvalue weighted by Crippen LogP contribution is 1.98. The van der Waals surface area contributed by atoms with Crippen LogP contribution >= 0.6 is 0 Å². The van der Waals surface area contributed by atoms with Gasteiger partial charge in [0.25, 0.3) is 0 Å². The Labute approximate surface area is 65.3 Å². The highest BCUT2D eigenvalue weighted by Gasteiger charge is 1.89. The normalized spacial score (nSPS) is 12.8. The second-order valence-corrected chi connectivity index (χ2v) is 4.87. The maximum Gasteiger partial charge on any atom is 0.119 e. The number of aldehydes is 1. The first kappa shape index (κ1) is 9.63. The molecule has 10 heavy (non-hydrogen) atoms. The van der Waals surface area contributed by atoms with Crippen molar-refractivity contribution in [2.75, 3.05) is 0 Å².